The Morgan fingerprint density at radius 1 is 1.16 bits per heavy atom. The number of nitrogens with zero attached hydrogens (tertiary/aromatic N) is 2. The topological polar surface area (TPSA) is 85.3 Å². The van der Waals surface area contributed by atoms with Gasteiger partial charge in [0.25, 0.3) is 0 Å². The Balaban J connectivity index is 1.63. The number of fused-ring (bicyclic) bond motifs is 3. The number of aliphatic imine (C=N–C) groups is 1. The van der Waals surface area contributed by atoms with Crippen molar-refractivity contribution in [3.8, 4) is 0 Å². The van der Waals surface area contributed by atoms with Gasteiger partial charge in [-0.05, 0) is 51.4 Å². The fourth-order valence-corrected chi connectivity index (χ4v) is 4.56. The summed E-state index contributed by atoms with van der Waals surface area (Å²) in [5, 5.41) is 17.5. The lowest BCUT2D eigenvalue weighted by atomic mass is 9.58. The molecule has 0 aromatic carbocycles. The van der Waals surface area contributed by atoms with Gasteiger partial charge in [-0.3, -0.25) is 4.99 Å². The van der Waals surface area contributed by atoms with E-state index in [-0.39, 0.29) is 5.41 Å². The molecule has 0 saturated heterocycles. The Morgan fingerprint density at radius 3 is 2.48 bits per heavy atom. The van der Waals surface area contributed by atoms with E-state index in [9.17, 15) is 5.11 Å². The SMILES string of the molecule is CCCNc1nc(C23CCC(O)(CC2)CC3)[nH]c1C1=NC[C@H](CC)N1. The maximum Gasteiger partial charge on any atom is 0.155 e. The summed E-state index contributed by atoms with van der Waals surface area (Å²) in [6.07, 6.45) is 7.93. The molecule has 138 valence electrons. The highest BCUT2D eigenvalue weighted by Gasteiger charge is 2.50. The van der Waals surface area contributed by atoms with Gasteiger partial charge in [-0.1, -0.05) is 13.8 Å². The number of H-pyrrole nitrogens is 1. The Morgan fingerprint density at radius 2 is 1.88 bits per heavy atom. The van der Waals surface area contributed by atoms with Crippen molar-refractivity contribution in [3.63, 3.8) is 0 Å². The molecule has 6 heteroatoms. The second-order valence-corrected chi connectivity index (χ2v) is 8.18. The summed E-state index contributed by atoms with van der Waals surface area (Å²) in [5.74, 6) is 2.97. The number of amidine groups is 1. The number of nitrogens with one attached hydrogen (secondary N) is 3. The second kappa shape index (κ2) is 6.31. The number of rotatable bonds is 6. The number of aromatic amines is 1. The summed E-state index contributed by atoms with van der Waals surface area (Å²) in [6.45, 7) is 6.11. The maximum atomic E-state index is 10.5. The van der Waals surface area contributed by atoms with Crippen LogP contribution in [-0.4, -0.2) is 45.6 Å². The normalized spacial score (nSPS) is 34.0. The monoisotopic (exact) mass is 345 g/mol. The molecule has 5 rings (SSSR count). The summed E-state index contributed by atoms with van der Waals surface area (Å²) in [5.41, 5.74) is 0.709. The second-order valence-electron chi connectivity index (χ2n) is 8.18. The van der Waals surface area contributed by atoms with Crippen LogP contribution in [0.15, 0.2) is 4.99 Å². The van der Waals surface area contributed by atoms with Crippen molar-refractivity contribution >= 4 is 11.7 Å². The van der Waals surface area contributed by atoms with Crippen molar-refractivity contribution < 1.29 is 5.11 Å². The fourth-order valence-electron chi connectivity index (χ4n) is 4.56. The first-order chi connectivity index (χ1) is 12.1. The van der Waals surface area contributed by atoms with Crippen LogP contribution in [0.4, 0.5) is 5.82 Å². The zero-order chi connectivity index (χ0) is 17.5. The van der Waals surface area contributed by atoms with Gasteiger partial charge in [0.15, 0.2) is 5.82 Å². The minimum atomic E-state index is -0.411. The van der Waals surface area contributed by atoms with E-state index in [0.717, 1.165) is 87.6 Å². The Labute approximate surface area is 149 Å². The van der Waals surface area contributed by atoms with Crippen molar-refractivity contribution in [3.05, 3.63) is 11.5 Å². The zero-order valence-electron chi connectivity index (χ0n) is 15.5. The number of imidazole rings is 1. The molecule has 0 spiro atoms. The van der Waals surface area contributed by atoms with Gasteiger partial charge < -0.3 is 20.7 Å². The third-order valence-electron chi connectivity index (χ3n) is 6.50. The Bertz CT molecular complexity index is 640. The molecule has 1 aliphatic heterocycles. The van der Waals surface area contributed by atoms with Crippen LogP contribution in [0.25, 0.3) is 0 Å². The van der Waals surface area contributed by atoms with Crippen LogP contribution in [0.3, 0.4) is 0 Å². The standard InChI is InChI=1S/C19H31N5O/c1-3-11-20-15-14(16-21-12-13(4-2)22-16)23-17(24-15)18-5-8-19(25,9-6-18)10-7-18/h13,20,25H,3-12H2,1-2H3,(H,21,22)(H,23,24)/t13-,18?,19?/m0/s1. The van der Waals surface area contributed by atoms with E-state index in [0.29, 0.717) is 6.04 Å². The average molecular weight is 345 g/mol. The van der Waals surface area contributed by atoms with Gasteiger partial charge in [-0.25, -0.2) is 4.98 Å². The molecule has 2 heterocycles. The summed E-state index contributed by atoms with van der Waals surface area (Å²) in [7, 11) is 0. The highest BCUT2D eigenvalue weighted by molar-refractivity contribution is 6.02. The maximum absolute atomic E-state index is 10.5. The minimum absolute atomic E-state index is 0.106. The van der Waals surface area contributed by atoms with E-state index in [4.69, 9.17) is 9.98 Å². The first-order valence-corrected chi connectivity index (χ1v) is 9.95. The van der Waals surface area contributed by atoms with Crippen LogP contribution in [0.1, 0.15) is 76.7 Å². The quantitative estimate of drug-likeness (QED) is 0.639. The summed E-state index contributed by atoms with van der Waals surface area (Å²) in [6, 6.07) is 0.429. The van der Waals surface area contributed by atoms with Gasteiger partial charge in [0, 0.05) is 18.0 Å². The molecule has 4 N–H and O–H groups in total. The lowest BCUT2D eigenvalue weighted by Crippen LogP contribution is -2.48. The van der Waals surface area contributed by atoms with Crippen LogP contribution in [0, 0.1) is 0 Å². The van der Waals surface area contributed by atoms with Crippen LogP contribution < -0.4 is 10.6 Å². The third-order valence-corrected chi connectivity index (χ3v) is 6.50. The predicted molar refractivity (Wildman–Crippen MR) is 100 cm³/mol. The molecule has 2 bridgehead atoms. The van der Waals surface area contributed by atoms with Crippen LogP contribution in [-0.2, 0) is 5.41 Å². The molecule has 3 fully saturated rings. The molecule has 1 aromatic rings. The van der Waals surface area contributed by atoms with Crippen molar-refractivity contribution in [2.45, 2.75) is 82.3 Å². The van der Waals surface area contributed by atoms with Crippen LogP contribution >= 0.6 is 0 Å². The number of aromatic nitrogens is 2. The van der Waals surface area contributed by atoms with E-state index >= 15 is 0 Å². The highest BCUT2D eigenvalue weighted by Crippen LogP contribution is 2.53. The van der Waals surface area contributed by atoms with Gasteiger partial charge in [-0.2, -0.15) is 0 Å². The summed E-state index contributed by atoms with van der Waals surface area (Å²) in [4.78, 5) is 13.3. The van der Waals surface area contributed by atoms with E-state index < -0.39 is 5.60 Å². The first-order valence-electron chi connectivity index (χ1n) is 9.95. The molecule has 3 aliphatic carbocycles. The third kappa shape index (κ3) is 2.94. The highest BCUT2D eigenvalue weighted by atomic mass is 16.3. The molecule has 25 heavy (non-hydrogen) atoms. The molecule has 4 aliphatic rings. The largest absolute Gasteiger partial charge is 0.390 e. The molecule has 1 atom stereocenters. The van der Waals surface area contributed by atoms with E-state index in [1.54, 1.807) is 0 Å². The summed E-state index contributed by atoms with van der Waals surface area (Å²) < 4.78 is 0. The molecule has 0 amide bonds. The van der Waals surface area contributed by atoms with E-state index in [2.05, 4.69) is 29.5 Å². The molecular formula is C19H31N5O. The average Bonchev–Trinajstić information content (AvgIpc) is 3.28. The van der Waals surface area contributed by atoms with Gasteiger partial charge in [0.05, 0.1) is 12.1 Å². The van der Waals surface area contributed by atoms with Crippen molar-refractivity contribution in [1.29, 1.82) is 0 Å². The number of anilines is 1. The lowest BCUT2D eigenvalue weighted by Gasteiger charge is -2.49. The molecule has 1 aromatic heterocycles. The number of hydrogen-bond acceptors (Lipinski definition) is 5. The number of aliphatic hydroxyl groups is 1. The van der Waals surface area contributed by atoms with Gasteiger partial charge in [0.1, 0.15) is 17.4 Å². The van der Waals surface area contributed by atoms with Crippen molar-refractivity contribution in [2.75, 3.05) is 18.4 Å². The van der Waals surface area contributed by atoms with E-state index in [1.165, 1.54) is 0 Å². The van der Waals surface area contributed by atoms with Gasteiger partial charge >= 0.3 is 0 Å². The van der Waals surface area contributed by atoms with Gasteiger partial charge in [0.2, 0.25) is 0 Å². The first kappa shape index (κ1) is 16.9. The van der Waals surface area contributed by atoms with Gasteiger partial charge in [-0.15, -0.1) is 0 Å². The molecule has 0 unspecified atom stereocenters. The number of hydrogen-bond donors (Lipinski definition) is 4. The van der Waals surface area contributed by atoms with Crippen molar-refractivity contribution in [2.24, 2.45) is 4.99 Å². The smallest absolute Gasteiger partial charge is 0.155 e. The van der Waals surface area contributed by atoms with Crippen molar-refractivity contribution in [1.82, 2.24) is 15.3 Å². The lowest BCUT2D eigenvalue weighted by molar-refractivity contribution is -0.0678. The molecule has 6 nitrogen and oxygen atoms in total. The fraction of sp³-hybridized carbons (Fsp3) is 0.789. The Hall–Kier alpha value is -1.56. The van der Waals surface area contributed by atoms with Crippen LogP contribution in [0.2, 0.25) is 0 Å². The predicted octanol–water partition coefficient (Wildman–Crippen LogP) is 2.70. The van der Waals surface area contributed by atoms with E-state index in [1.807, 2.05) is 0 Å². The zero-order valence-corrected chi connectivity index (χ0v) is 15.5. The molecule has 0 radical (unpaired) electrons. The Kier molecular flexibility index (Phi) is 4.26. The summed E-state index contributed by atoms with van der Waals surface area (Å²) >= 11 is 0. The minimum Gasteiger partial charge on any atom is -0.390 e. The van der Waals surface area contributed by atoms with Crippen LogP contribution in [0.5, 0.6) is 0 Å². The molecular weight excluding hydrogens is 314 g/mol. The molecule has 3 saturated carbocycles.